The van der Waals surface area contributed by atoms with E-state index in [4.69, 9.17) is 4.74 Å². The Balaban J connectivity index is 1.44. The third kappa shape index (κ3) is 5.54. The number of nitrogens with one attached hydrogen (secondary N) is 1. The molecule has 32 heavy (non-hydrogen) atoms. The number of morpholine rings is 1. The van der Waals surface area contributed by atoms with Crippen LogP contribution in [-0.2, 0) is 21.3 Å². The van der Waals surface area contributed by atoms with Crippen molar-refractivity contribution in [3.63, 3.8) is 0 Å². The van der Waals surface area contributed by atoms with Gasteiger partial charge in [0.1, 0.15) is 0 Å². The minimum atomic E-state index is -3.59. The number of carbonyl (C=O) groups excluding carboxylic acids is 1. The molecular formula is C23H30N4O4S. The van der Waals surface area contributed by atoms with Crippen LogP contribution in [0.15, 0.2) is 53.4 Å². The number of benzene rings is 2. The number of nitrogens with zero attached hydrogens (tertiary/aromatic N) is 3. The van der Waals surface area contributed by atoms with Crippen molar-refractivity contribution >= 4 is 21.6 Å². The first kappa shape index (κ1) is 22.9. The lowest BCUT2D eigenvalue weighted by molar-refractivity contribution is 0.0342. The summed E-state index contributed by atoms with van der Waals surface area (Å²) in [6, 6.07) is 14.0. The van der Waals surface area contributed by atoms with Gasteiger partial charge in [0.25, 0.3) is 5.91 Å². The van der Waals surface area contributed by atoms with Gasteiger partial charge in [-0.15, -0.1) is 0 Å². The van der Waals surface area contributed by atoms with Crippen LogP contribution >= 0.6 is 0 Å². The lowest BCUT2D eigenvalue weighted by Gasteiger charge is -2.31. The van der Waals surface area contributed by atoms with Crippen LogP contribution in [0.5, 0.6) is 0 Å². The third-order valence-electron chi connectivity index (χ3n) is 5.89. The Bertz CT molecular complexity index is 1050. The average Bonchev–Trinajstić information content (AvgIpc) is 2.80. The summed E-state index contributed by atoms with van der Waals surface area (Å²) in [5, 5.41) is 2.85. The Morgan fingerprint density at radius 2 is 1.69 bits per heavy atom. The average molecular weight is 459 g/mol. The van der Waals surface area contributed by atoms with Gasteiger partial charge in [-0.25, -0.2) is 8.42 Å². The van der Waals surface area contributed by atoms with E-state index in [0.717, 1.165) is 38.4 Å². The first-order chi connectivity index (χ1) is 15.4. The van der Waals surface area contributed by atoms with E-state index in [-0.39, 0.29) is 10.8 Å². The predicted octanol–water partition coefficient (Wildman–Crippen LogP) is 1.71. The highest BCUT2D eigenvalue weighted by Gasteiger charge is 2.27. The van der Waals surface area contributed by atoms with Crippen LogP contribution in [0.3, 0.4) is 0 Å². The van der Waals surface area contributed by atoms with Crippen molar-refractivity contribution in [1.29, 1.82) is 0 Å². The maximum Gasteiger partial charge on any atom is 0.255 e. The number of carbonyl (C=O) groups is 1. The lowest BCUT2D eigenvalue weighted by Crippen LogP contribution is -2.47. The zero-order chi connectivity index (χ0) is 22.6. The van der Waals surface area contributed by atoms with Gasteiger partial charge in [0.05, 0.1) is 18.1 Å². The standard InChI is InChI=1S/C23H30N4O4S/c1-25-8-10-27(11-9-25)32(29,30)22-7-3-6-21(17-22)24-23(28)20-5-2-4-19(16-20)18-26-12-14-31-15-13-26/h2-7,16-17H,8-15,18H2,1H3,(H,24,28). The molecule has 0 spiro atoms. The van der Waals surface area contributed by atoms with Gasteiger partial charge in [-0.3, -0.25) is 9.69 Å². The van der Waals surface area contributed by atoms with Gasteiger partial charge >= 0.3 is 0 Å². The Labute approximate surface area is 189 Å². The zero-order valence-electron chi connectivity index (χ0n) is 18.4. The molecule has 0 saturated carbocycles. The van der Waals surface area contributed by atoms with Crippen molar-refractivity contribution in [2.75, 3.05) is 64.8 Å². The molecule has 0 aromatic heterocycles. The first-order valence-corrected chi connectivity index (χ1v) is 12.3. The number of likely N-dealkylation sites (N-methyl/N-ethyl adjacent to an activating group) is 1. The van der Waals surface area contributed by atoms with E-state index in [1.54, 1.807) is 24.3 Å². The Hall–Kier alpha value is -2.30. The summed E-state index contributed by atoms with van der Waals surface area (Å²) in [7, 11) is -1.61. The summed E-state index contributed by atoms with van der Waals surface area (Å²) in [6.45, 7) is 6.32. The first-order valence-electron chi connectivity index (χ1n) is 10.9. The molecule has 172 valence electrons. The van der Waals surface area contributed by atoms with Gasteiger partial charge in [-0.2, -0.15) is 4.31 Å². The molecule has 2 fully saturated rings. The monoisotopic (exact) mass is 458 g/mol. The quantitative estimate of drug-likeness (QED) is 0.710. The van der Waals surface area contributed by atoms with Gasteiger partial charge in [0, 0.05) is 57.1 Å². The van der Waals surface area contributed by atoms with Crippen LogP contribution in [0.1, 0.15) is 15.9 Å². The second-order valence-electron chi connectivity index (χ2n) is 8.28. The second-order valence-corrected chi connectivity index (χ2v) is 10.2. The van der Waals surface area contributed by atoms with Crippen LogP contribution < -0.4 is 5.32 Å². The number of hydrogen-bond donors (Lipinski definition) is 1. The normalized spacial score (nSPS) is 19.0. The SMILES string of the molecule is CN1CCN(S(=O)(=O)c2cccc(NC(=O)c3cccc(CN4CCOCC4)c3)c2)CC1. The van der Waals surface area contributed by atoms with Gasteiger partial charge in [0.2, 0.25) is 10.0 Å². The molecule has 2 aromatic rings. The fraction of sp³-hybridized carbons (Fsp3) is 0.435. The summed E-state index contributed by atoms with van der Waals surface area (Å²) < 4.78 is 32.9. The molecule has 0 radical (unpaired) electrons. The number of ether oxygens (including phenoxy) is 1. The van der Waals surface area contributed by atoms with E-state index in [9.17, 15) is 13.2 Å². The van der Waals surface area contributed by atoms with E-state index in [1.165, 1.54) is 10.4 Å². The topological polar surface area (TPSA) is 82.2 Å². The number of piperazine rings is 1. The van der Waals surface area contributed by atoms with E-state index < -0.39 is 10.0 Å². The van der Waals surface area contributed by atoms with E-state index in [0.29, 0.717) is 37.4 Å². The second kappa shape index (κ2) is 10.1. The minimum absolute atomic E-state index is 0.195. The molecule has 4 rings (SSSR count). The maximum atomic E-state index is 13.0. The molecule has 2 aromatic carbocycles. The molecule has 0 unspecified atom stereocenters. The zero-order valence-corrected chi connectivity index (χ0v) is 19.2. The molecule has 2 aliphatic heterocycles. The van der Waals surface area contributed by atoms with Crippen molar-refractivity contribution in [2.45, 2.75) is 11.4 Å². The highest BCUT2D eigenvalue weighted by atomic mass is 32.2. The molecule has 2 aliphatic rings. The highest BCUT2D eigenvalue weighted by molar-refractivity contribution is 7.89. The largest absolute Gasteiger partial charge is 0.379 e. The van der Waals surface area contributed by atoms with Crippen molar-refractivity contribution < 1.29 is 17.9 Å². The van der Waals surface area contributed by atoms with Crippen LogP contribution in [0.25, 0.3) is 0 Å². The van der Waals surface area contributed by atoms with Gasteiger partial charge in [-0.1, -0.05) is 18.2 Å². The number of amides is 1. The van der Waals surface area contributed by atoms with E-state index in [1.807, 2.05) is 25.2 Å². The van der Waals surface area contributed by atoms with Crippen molar-refractivity contribution in [2.24, 2.45) is 0 Å². The molecule has 8 nitrogen and oxygen atoms in total. The lowest BCUT2D eigenvalue weighted by atomic mass is 10.1. The molecule has 1 N–H and O–H groups in total. The Morgan fingerprint density at radius 1 is 0.969 bits per heavy atom. The minimum Gasteiger partial charge on any atom is -0.379 e. The molecule has 0 aliphatic carbocycles. The third-order valence-corrected chi connectivity index (χ3v) is 7.79. The fourth-order valence-electron chi connectivity index (χ4n) is 3.94. The van der Waals surface area contributed by atoms with Crippen molar-refractivity contribution in [1.82, 2.24) is 14.1 Å². The Kier molecular flexibility index (Phi) is 7.22. The summed E-state index contributed by atoms with van der Waals surface area (Å²) in [5.41, 5.74) is 2.07. The highest BCUT2D eigenvalue weighted by Crippen LogP contribution is 2.21. The maximum absolute atomic E-state index is 13.0. The van der Waals surface area contributed by atoms with Crippen LogP contribution in [-0.4, -0.2) is 88.0 Å². The van der Waals surface area contributed by atoms with E-state index in [2.05, 4.69) is 15.1 Å². The predicted molar refractivity (Wildman–Crippen MR) is 123 cm³/mol. The van der Waals surface area contributed by atoms with E-state index >= 15 is 0 Å². The number of hydrogen-bond acceptors (Lipinski definition) is 6. The molecule has 2 heterocycles. The molecule has 9 heteroatoms. The molecular weight excluding hydrogens is 428 g/mol. The molecule has 1 amide bonds. The summed E-state index contributed by atoms with van der Waals surface area (Å²) >= 11 is 0. The van der Waals surface area contributed by atoms with Crippen molar-refractivity contribution in [3.8, 4) is 0 Å². The molecule has 0 bridgehead atoms. The number of anilines is 1. The summed E-state index contributed by atoms with van der Waals surface area (Å²) in [6.07, 6.45) is 0. The van der Waals surface area contributed by atoms with Gasteiger partial charge in [0.15, 0.2) is 0 Å². The summed E-state index contributed by atoms with van der Waals surface area (Å²) in [5.74, 6) is -0.261. The smallest absolute Gasteiger partial charge is 0.255 e. The van der Waals surface area contributed by atoms with Gasteiger partial charge in [-0.05, 0) is 42.9 Å². The number of rotatable bonds is 6. The Morgan fingerprint density at radius 3 is 2.44 bits per heavy atom. The summed E-state index contributed by atoms with van der Waals surface area (Å²) in [4.78, 5) is 17.4. The number of sulfonamides is 1. The van der Waals surface area contributed by atoms with Crippen molar-refractivity contribution in [3.05, 3.63) is 59.7 Å². The van der Waals surface area contributed by atoms with Gasteiger partial charge < -0.3 is 15.0 Å². The van der Waals surface area contributed by atoms with Crippen LogP contribution in [0.4, 0.5) is 5.69 Å². The molecule has 0 atom stereocenters. The van der Waals surface area contributed by atoms with Crippen LogP contribution in [0.2, 0.25) is 0 Å². The van der Waals surface area contributed by atoms with Crippen LogP contribution in [0, 0.1) is 0 Å². The fourth-order valence-corrected chi connectivity index (χ4v) is 5.41. The molecule has 2 saturated heterocycles.